The van der Waals surface area contributed by atoms with Crippen LogP contribution in [0.3, 0.4) is 0 Å². The quantitative estimate of drug-likeness (QED) is 0.882. The third kappa shape index (κ3) is 1.27. The third-order valence-electron chi connectivity index (χ3n) is 5.50. The second-order valence-electron chi connectivity index (χ2n) is 6.41. The lowest BCUT2D eigenvalue weighted by Crippen LogP contribution is -2.37. The van der Waals surface area contributed by atoms with Crippen molar-refractivity contribution in [3.05, 3.63) is 29.3 Å². The number of rotatable bonds is 3. The van der Waals surface area contributed by atoms with Gasteiger partial charge in [-0.1, -0.05) is 12.1 Å². The van der Waals surface area contributed by atoms with E-state index in [1.54, 1.807) is 5.56 Å². The SMILES string of the molecule is CCN1CCc2cc(C3(C4(N)CC4)CC3)ccc21. The van der Waals surface area contributed by atoms with E-state index in [9.17, 15) is 0 Å². The van der Waals surface area contributed by atoms with E-state index in [-0.39, 0.29) is 5.54 Å². The fourth-order valence-electron chi connectivity index (χ4n) is 3.91. The molecule has 0 aromatic heterocycles. The number of hydrogen-bond acceptors (Lipinski definition) is 2. The summed E-state index contributed by atoms with van der Waals surface area (Å²) in [5, 5.41) is 0. The lowest BCUT2D eigenvalue weighted by Gasteiger charge is -2.24. The summed E-state index contributed by atoms with van der Waals surface area (Å²) in [6.45, 7) is 4.55. The van der Waals surface area contributed by atoms with Crippen LogP contribution in [0.2, 0.25) is 0 Å². The van der Waals surface area contributed by atoms with Crippen LogP contribution in [0.15, 0.2) is 18.2 Å². The first-order valence-corrected chi connectivity index (χ1v) is 7.36. The molecule has 96 valence electrons. The van der Waals surface area contributed by atoms with E-state index in [2.05, 4.69) is 30.0 Å². The maximum absolute atomic E-state index is 6.51. The van der Waals surface area contributed by atoms with Crippen LogP contribution in [0.25, 0.3) is 0 Å². The van der Waals surface area contributed by atoms with Crippen molar-refractivity contribution in [2.75, 3.05) is 18.0 Å². The van der Waals surface area contributed by atoms with Crippen molar-refractivity contribution in [1.29, 1.82) is 0 Å². The Morgan fingerprint density at radius 3 is 2.61 bits per heavy atom. The van der Waals surface area contributed by atoms with Gasteiger partial charge in [0.2, 0.25) is 0 Å². The first-order chi connectivity index (χ1) is 8.68. The maximum Gasteiger partial charge on any atom is 0.0399 e. The van der Waals surface area contributed by atoms with Gasteiger partial charge in [0, 0.05) is 29.7 Å². The van der Waals surface area contributed by atoms with Crippen molar-refractivity contribution in [2.45, 2.75) is 50.0 Å². The fraction of sp³-hybridized carbons (Fsp3) is 0.625. The normalized spacial score (nSPS) is 26.0. The van der Waals surface area contributed by atoms with Gasteiger partial charge in [-0.05, 0) is 56.2 Å². The lowest BCUT2D eigenvalue weighted by molar-refractivity contribution is 0.503. The fourth-order valence-corrected chi connectivity index (χ4v) is 3.91. The van der Waals surface area contributed by atoms with Crippen LogP contribution in [0.5, 0.6) is 0 Å². The Morgan fingerprint density at radius 1 is 1.22 bits per heavy atom. The standard InChI is InChI=1S/C16H22N2/c1-2-18-10-5-12-11-13(3-4-14(12)18)15(6-7-15)16(17)8-9-16/h3-4,11H,2,5-10,17H2,1H3. The van der Waals surface area contributed by atoms with Crippen molar-refractivity contribution in [1.82, 2.24) is 0 Å². The van der Waals surface area contributed by atoms with Gasteiger partial charge in [-0.15, -0.1) is 0 Å². The summed E-state index contributed by atoms with van der Waals surface area (Å²) in [7, 11) is 0. The zero-order chi connectivity index (χ0) is 12.4. The van der Waals surface area contributed by atoms with Crippen molar-refractivity contribution in [2.24, 2.45) is 5.73 Å². The number of nitrogens with zero attached hydrogens (tertiary/aromatic N) is 1. The number of anilines is 1. The summed E-state index contributed by atoms with van der Waals surface area (Å²) in [6.07, 6.45) is 6.28. The van der Waals surface area contributed by atoms with Crippen LogP contribution in [0.1, 0.15) is 43.7 Å². The van der Waals surface area contributed by atoms with Gasteiger partial charge in [0.25, 0.3) is 0 Å². The Morgan fingerprint density at radius 2 is 2.00 bits per heavy atom. The van der Waals surface area contributed by atoms with Crippen molar-refractivity contribution >= 4 is 5.69 Å². The van der Waals surface area contributed by atoms with E-state index in [0.717, 1.165) is 6.54 Å². The Balaban J connectivity index is 1.72. The minimum absolute atomic E-state index is 0.143. The van der Waals surface area contributed by atoms with Gasteiger partial charge in [0.1, 0.15) is 0 Å². The molecule has 2 heteroatoms. The van der Waals surface area contributed by atoms with Gasteiger partial charge in [-0.2, -0.15) is 0 Å². The van der Waals surface area contributed by atoms with Gasteiger partial charge < -0.3 is 10.6 Å². The minimum Gasteiger partial charge on any atom is -0.371 e. The predicted octanol–water partition coefficient (Wildman–Crippen LogP) is 2.59. The largest absolute Gasteiger partial charge is 0.371 e. The summed E-state index contributed by atoms with van der Waals surface area (Å²) in [6, 6.07) is 7.16. The molecule has 0 bridgehead atoms. The van der Waals surface area contributed by atoms with Crippen molar-refractivity contribution in [3.8, 4) is 0 Å². The number of benzene rings is 1. The predicted molar refractivity (Wildman–Crippen MR) is 75.1 cm³/mol. The highest BCUT2D eigenvalue weighted by Gasteiger charge is 2.64. The molecule has 2 N–H and O–H groups in total. The van der Waals surface area contributed by atoms with Gasteiger partial charge in [0.05, 0.1) is 0 Å². The summed E-state index contributed by atoms with van der Waals surface area (Å²) in [4.78, 5) is 2.48. The molecule has 4 rings (SSSR count). The molecule has 1 aliphatic heterocycles. The molecule has 2 aliphatic carbocycles. The highest BCUT2D eigenvalue weighted by Crippen LogP contribution is 2.63. The van der Waals surface area contributed by atoms with Crippen LogP contribution >= 0.6 is 0 Å². The zero-order valence-electron chi connectivity index (χ0n) is 11.2. The summed E-state index contributed by atoms with van der Waals surface area (Å²) in [5.74, 6) is 0. The van der Waals surface area contributed by atoms with Crippen LogP contribution in [-0.2, 0) is 11.8 Å². The Bertz CT molecular complexity index is 498. The molecule has 0 atom stereocenters. The van der Waals surface area contributed by atoms with Crippen molar-refractivity contribution < 1.29 is 0 Å². The van der Waals surface area contributed by atoms with E-state index < -0.39 is 0 Å². The van der Waals surface area contributed by atoms with Crippen LogP contribution in [0, 0.1) is 0 Å². The Kier molecular flexibility index (Phi) is 1.99. The number of hydrogen-bond donors (Lipinski definition) is 1. The average molecular weight is 242 g/mol. The number of likely N-dealkylation sites (N-methyl/N-ethyl adjacent to an activating group) is 1. The van der Waals surface area contributed by atoms with E-state index >= 15 is 0 Å². The van der Waals surface area contributed by atoms with E-state index in [0.29, 0.717) is 5.41 Å². The highest BCUT2D eigenvalue weighted by atomic mass is 15.1. The molecule has 3 aliphatic rings. The molecule has 1 aromatic carbocycles. The molecular weight excluding hydrogens is 220 g/mol. The van der Waals surface area contributed by atoms with E-state index in [1.807, 2.05) is 0 Å². The van der Waals surface area contributed by atoms with Gasteiger partial charge >= 0.3 is 0 Å². The molecular formula is C16H22N2. The first kappa shape index (κ1) is 10.9. The second-order valence-corrected chi connectivity index (χ2v) is 6.41. The van der Waals surface area contributed by atoms with Crippen LogP contribution in [0.4, 0.5) is 5.69 Å². The molecule has 2 saturated carbocycles. The molecule has 0 radical (unpaired) electrons. The summed E-state index contributed by atoms with van der Waals surface area (Å²) < 4.78 is 0. The first-order valence-electron chi connectivity index (χ1n) is 7.36. The van der Waals surface area contributed by atoms with Crippen LogP contribution < -0.4 is 10.6 Å². The maximum atomic E-state index is 6.51. The second kappa shape index (κ2) is 3.30. The average Bonchev–Trinajstić information content (AvgIpc) is 3.28. The molecule has 2 nitrogen and oxygen atoms in total. The highest BCUT2D eigenvalue weighted by molar-refractivity contribution is 5.60. The molecule has 2 fully saturated rings. The lowest BCUT2D eigenvalue weighted by atomic mass is 9.85. The van der Waals surface area contributed by atoms with E-state index in [4.69, 9.17) is 5.73 Å². The molecule has 0 unspecified atom stereocenters. The molecule has 18 heavy (non-hydrogen) atoms. The molecule has 0 amide bonds. The smallest absolute Gasteiger partial charge is 0.0399 e. The van der Waals surface area contributed by atoms with Gasteiger partial charge in [-0.3, -0.25) is 0 Å². The zero-order valence-corrected chi connectivity index (χ0v) is 11.2. The number of fused-ring (bicyclic) bond motifs is 1. The molecule has 0 spiro atoms. The minimum atomic E-state index is 0.143. The molecule has 1 heterocycles. The monoisotopic (exact) mass is 242 g/mol. The van der Waals surface area contributed by atoms with Gasteiger partial charge in [0.15, 0.2) is 0 Å². The summed E-state index contributed by atoms with van der Waals surface area (Å²) >= 11 is 0. The molecule has 1 aromatic rings. The third-order valence-corrected chi connectivity index (χ3v) is 5.50. The van der Waals surface area contributed by atoms with Crippen LogP contribution in [-0.4, -0.2) is 18.6 Å². The van der Waals surface area contributed by atoms with E-state index in [1.165, 1.54) is 49.9 Å². The van der Waals surface area contributed by atoms with Gasteiger partial charge in [-0.25, -0.2) is 0 Å². The Hall–Kier alpha value is -1.02. The Labute approximate surface area is 109 Å². The summed E-state index contributed by atoms with van der Waals surface area (Å²) in [5.41, 5.74) is 11.5. The number of nitrogens with two attached hydrogens (primary N) is 1. The van der Waals surface area contributed by atoms with Crippen molar-refractivity contribution in [3.63, 3.8) is 0 Å². The molecule has 0 saturated heterocycles. The topological polar surface area (TPSA) is 29.3 Å².